The number of hydrogen-bond donors (Lipinski definition) is 2. The number of carboxylic acid groups (broad SMARTS) is 1. The summed E-state index contributed by atoms with van der Waals surface area (Å²) in [6, 6.07) is 0. The highest BCUT2D eigenvalue weighted by molar-refractivity contribution is 8.01. The fourth-order valence-corrected chi connectivity index (χ4v) is 2.57. The van der Waals surface area contributed by atoms with Crippen LogP contribution < -0.4 is 5.73 Å². The molecular formula is C12H25NO2S. The minimum atomic E-state index is -0.707. The lowest BCUT2D eigenvalue weighted by molar-refractivity contribution is -0.139. The van der Waals surface area contributed by atoms with E-state index in [1.165, 1.54) is 31.0 Å². The molecule has 0 aliphatic rings. The second kappa shape index (κ2) is 8.88. The zero-order valence-corrected chi connectivity index (χ0v) is 11.3. The Balaban J connectivity index is 3.88. The number of aliphatic carboxylic acids is 1. The minimum absolute atomic E-state index is 0.545. The van der Waals surface area contributed by atoms with Gasteiger partial charge in [0.2, 0.25) is 0 Å². The molecule has 0 aromatic carbocycles. The van der Waals surface area contributed by atoms with Crippen molar-refractivity contribution in [1.29, 1.82) is 0 Å². The minimum Gasteiger partial charge on any atom is -0.480 e. The third-order valence-corrected chi connectivity index (χ3v) is 4.20. The first kappa shape index (κ1) is 15.8. The molecule has 16 heavy (non-hydrogen) atoms. The lowest BCUT2D eigenvalue weighted by Crippen LogP contribution is -2.32. The van der Waals surface area contributed by atoms with Crippen LogP contribution in [0.5, 0.6) is 0 Å². The molecular weight excluding hydrogens is 222 g/mol. The molecule has 0 aromatic rings. The quantitative estimate of drug-likeness (QED) is 0.583. The van der Waals surface area contributed by atoms with Crippen LogP contribution in [0.2, 0.25) is 0 Å². The van der Waals surface area contributed by atoms with Gasteiger partial charge in [-0.05, 0) is 13.3 Å². The van der Waals surface area contributed by atoms with Gasteiger partial charge in [0.25, 0.3) is 0 Å². The van der Waals surface area contributed by atoms with E-state index in [-0.39, 0.29) is 0 Å². The van der Waals surface area contributed by atoms with Crippen molar-refractivity contribution < 1.29 is 9.90 Å². The fourth-order valence-electron chi connectivity index (χ4n) is 1.59. The molecule has 1 unspecified atom stereocenters. The van der Waals surface area contributed by atoms with Crippen molar-refractivity contribution in [3.8, 4) is 0 Å². The highest BCUT2D eigenvalue weighted by Crippen LogP contribution is 2.31. The van der Waals surface area contributed by atoms with Gasteiger partial charge in [0.05, 0.1) is 0 Å². The van der Waals surface area contributed by atoms with Crippen molar-refractivity contribution in [2.45, 2.75) is 57.1 Å². The smallest absolute Gasteiger partial charge is 0.319 e. The van der Waals surface area contributed by atoms with Gasteiger partial charge in [0.1, 0.15) is 4.75 Å². The normalized spacial score (nSPS) is 14.7. The van der Waals surface area contributed by atoms with Crippen LogP contribution in [-0.4, -0.2) is 28.1 Å². The molecule has 0 radical (unpaired) electrons. The summed E-state index contributed by atoms with van der Waals surface area (Å²) in [6.45, 7) is 4.54. The fraction of sp³-hybridized carbons (Fsp3) is 0.917. The molecule has 1 atom stereocenters. The molecule has 0 rings (SSSR count). The summed E-state index contributed by atoms with van der Waals surface area (Å²) in [5, 5.41) is 9.20. The Morgan fingerprint density at radius 1 is 1.31 bits per heavy atom. The number of hydrogen-bond acceptors (Lipinski definition) is 3. The van der Waals surface area contributed by atoms with Gasteiger partial charge in [-0.2, -0.15) is 0 Å². The number of rotatable bonds is 10. The average Bonchev–Trinajstić information content (AvgIpc) is 2.26. The van der Waals surface area contributed by atoms with Crippen molar-refractivity contribution in [1.82, 2.24) is 0 Å². The maximum atomic E-state index is 11.2. The Labute approximate surface area is 103 Å². The molecule has 0 bridgehead atoms. The Bertz CT molecular complexity index is 199. The van der Waals surface area contributed by atoms with E-state index < -0.39 is 10.7 Å². The van der Waals surface area contributed by atoms with E-state index in [2.05, 4.69) is 6.92 Å². The van der Waals surface area contributed by atoms with Crippen LogP contribution in [0.15, 0.2) is 0 Å². The average molecular weight is 247 g/mol. The zero-order chi connectivity index (χ0) is 12.4. The van der Waals surface area contributed by atoms with Gasteiger partial charge >= 0.3 is 5.97 Å². The molecule has 96 valence electrons. The monoisotopic (exact) mass is 247 g/mol. The van der Waals surface area contributed by atoms with Crippen LogP contribution in [0.4, 0.5) is 0 Å². The van der Waals surface area contributed by atoms with E-state index in [1.807, 2.05) is 6.92 Å². The highest BCUT2D eigenvalue weighted by atomic mass is 32.2. The van der Waals surface area contributed by atoms with Crippen LogP contribution >= 0.6 is 11.8 Å². The van der Waals surface area contributed by atoms with Crippen molar-refractivity contribution in [3.05, 3.63) is 0 Å². The van der Waals surface area contributed by atoms with Gasteiger partial charge < -0.3 is 10.8 Å². The van der Waals surface area contributed by atoms with Gasteiger partial charge in [-0.15, -0.1) is 11.8 Å². The van der Waals surface area contributed by atoms with Gasteiger partial charge in [-0.3, -0.25) is 4.79 Å². The molecule has 0 aromatic heterocycles. The van der Waals surface area contributed by atoms with E-state index in [0.717, 1.165) is 25.0 Å². The summed E-state index contributed by atoms with van der Waals surface area (Å²) in [6.07, 6.45) is 6.57. The van der Waals surface area contributed by atoms with Crippen molar-refractivity contribution in [2.75, 3.05) is 12.3 Å². The van der Waals surface area contributed by atoms with E-state index in [1.54, 1.807) is 0 Å². The molecule has 0 saturated carbocycles. The van der Waals surface area contributed by atoms with Crippen LogP contribution in [0.25, 0.3) is 0 Å². The summed E-state index contributed by atoms with van der Waals surface area (Å²) in [7, 11) is 0. The largest absolute Gasteiger partial charge is 0.480 e. The number of thioether (sulfide) groups is 1. The van der Waals surface area contributed by atoms with Gasteiger partial charge in [0, 0.05) is 12.3 Å². The van der Waals surface area contributed by atoms with Gasteiger partial charge in [-0.1, -0.05) is 39.0 Å². The highest BCUT2D eigenvalue weighted by Gasteiger charge is 2.32. The molecule has 0 saturated heterocycles. The Morgan fingerprint density at radius 2 is 1.94 bits per heavy atom. The van der Waals surface area contributed by atoms with Gasteiger partial charge in [-0.25, -0.2) is 0 Å². The van der Waals surface area contributed by atoms with Gasteiger partial charge in [0.15, 0.2) is 0 Å². The second-order valence-corrected chi connectivity index (χ2v) is 5.94. The third-order valence-electron chi connectivity index (χ3n) is 2.75. The van der Waals surface area contributed by atoms with Crippen LogP contribution in [0, 0.1) is 0 Å². The second-order valence-electron chi connectivity index (χ2n) is 4.34. The first-order chi connectivity index (χ1) is 7.56. The first-order valence-corrected chi connectivity index (χ1v) is 7.13. The maximum absolute atomic E-state index is 11.2. The van der Waals surface area contributed by atoms with Crippen molar-refractivity contribution >= 4 is 17.7 Å². The predicted molar refractivity (Wildman–Crippen MR) is 70.9 cm³/mol. The molecule has 0 fully saturated rings. The molecule has 0 aliphatic heterocycles. The molecule has 0 heterocycles. The summed E-state index contributed by atoms with van der Waals surface area (Å²) >= 11 is 1.47. The SMILES string of the molecule is CCCCCCCC(C)(SCCN)C(=O)O. The van der Waals surface area contributed by atoms with Crippen LogP contribution in [0.1, 0.15) is 52.4 Å². The van der Waals surface area contributed by atoms with E-state index >= 15 is 0 Å². The predicted octanol–water partition coefficient (Wildman–Crippen LogP) is 2.88. The van der Waals surface area contributed by atoms with E-state index in [9.17, 15) is 9.90 Å². The Kier molecular flexibility index (Phi) is 8.76. The topological polar surface area (TPSA) is 63.3 Å². The summed E-state index contributed by atoms with van der Waals surface area (Å²) < 4.78 is -0.647. The number of unbranched alkanes of at least 4 members (excludes halogenated alkanes) is 4. The lowest BCUT2D eigenvalue weighted by atomic mass is 10.0. The summed E-state index contributed by atoms with van der Waals surface area (Å²) in [5.74, 6) is 0.0130. The summed E-state index contributed by atoms with van der Waals surface area (Å²) in [4.78, 5) is 11.2. The Morgan fingerprint density at radius 3 is 2.44 bits per heavy atom. The molecule has 3 nitrogen and oxygen atoms in total. The third kappa shape index (κ3) is 6.38. The standard InChI is InChI=1S/C12H25NO2S/c1-3-4-5-6-7-8-12(2,11(14)15)16-10-9-13/h3-10,13H2,1-2H3,(H,14,15). The van der Waals surface area contributed by atoms with E-state index in [0.29, 0.717) is 6.54 Å². The summed E-state index contributed by atoms with van der Waals surface area (Å²) in [5.41, 5.74) is 5.42. The maximum Gasteiger partial charge on any atom is 0.319 e. The molecule has 0 spiro atoms. The Hall–Kier alpha value is -0.220. The molecule has 4 heteroatoms. The molecule has 3 N–H and O–H groups in total. The molecule has 0 aliphatic carbocycles. The van der Waals surface area contributed by atoms with Crippen molar-refractivity contribution in [2.24, 2.45) is 5.73 Å². The zero-order valence-electron chi connectivity index (χ0n) is 10.5. The number of nitrogens with two attached hydrogens (primary N) is 1. The molecule has 0 amide bonds. The number of carbonyl (C=O) groups is 1. The van der Waals surface area contributed by atoms with Crippen LogP contribution in [0.3, 0.4) is 0 Å². The van der Waals surface area contributed by atoms with Crippen LogP contribution in [-0.2, 0) is 4.79 Å². The number of carboxylic acids is 1. The lowest BCUT2D eigenvalue weighted by Gasteiger charge is -2.23. The van der Waals surface area contributed by atoms with Crippen molar-refractivity contribution in [3.63, 3.8) is 0 Å². The van der Waals surface area contributed by atoms with E-state index in [4.69, 9.17) is 5.73 Å². The first-order valence-electron chi connectivity index (χ1n) is 6.14.